The molecule has 0 bridgehead atoms. The first kappa shape index (κ1) is 19.7. The van der Waals surface area contributed by atoms with Crippen LogP contribution in [0.2, 0.25) is 0 Å². The zero-order chi connectivity index (χ0) is 19.4. The first-order chi connectivity index (χ1) is 13.0. The van der Waals surface area contributed by atoms with Gasteiger partial charge in [-0.3, -0.25) is 9.59 Å². The van der Waals surface area contributed by atoms with Crippen molar-refractivity contribution < 1.29 is 24.2 Å². The van der Waals surface area contributed by atoms with Gasteiger partial charge in [-0.2, -0.15) is 12.6 Å². The number of thiol groups is 1. The Morgan fingerprint density at radius 1 is 1.26 bits per heavy atom. The van der Waals surface area contributed by atoms with E-state index in [1.807, 2.05) is 30.3 Å². The van der Waals surface area contributed by atoms with E-state index in [0.717, 1.165) is 5.56 Å². The molecule has 1 aromatic rings. The molecule has 8 heteroatoms. The molecule has 27 heavy (non-hydrogen) atoms. The molecule has 4 atom stereocenters. The third kappa shape index (κ3) is 4.62. The second kappa shape index (κ2) is 8.75. The van der Waals surface area contributed by atoms with Crippen LogP contribution in [0.5, 0.6) is 0 Å². The van der Waals surface area contributed by atoms with Crippen molar-refractivity contribution in [3.05, 3.63) is 35.9 Å². The number of piperidine rings is 1. The molecule has 0 unspecified atom stereocenters. The van der Waals surface area contributed by atoms with Crippen molar-refractivity contribution in [2.75, 3.05) is 6.61 Å². The summed E-state index contributed by atoms with van der Waals surface area (Å²) in [7, 11) is 0. The minimum Gasteiger partial charge on any atom is -0.480 e. The molecule has 2 saturated heterocycles. The highest BCUT2D eigenvalue weighted by atomic mass is 32.1. The molecule has 146 valence electrons. The molecule has 2 heterocycles. The van der Waals surface area contributed by atoms with E-state index in [4.69, 9.17) is 4.74 Å². The molecule has 2 amide bonds. The molecule has 0 saturated carbocycles. The number of benzene rings is 1. The molecular formula is C19H24N2O5S. The molecule has 2 aliphatic heterocycles. The number of rotatable bonds is 5. The minimum atomic E-state index is -1.04. The van der Waals surface area contributed by atoms with Crippen LogP contribution in [-0.4, -0.2) is 58.0 Å². The lowest BCUT2D eigenvalue weighted by Crippen LogP contribution is -2.58. The Morgan fingerprint density at radius 3 is 2.70 bits per heavy atom. The van der Waals surface area contributed by atoms with Crippen molar-refractivity contribution in [1.29, 1.82) is 0 Å². The summed E-state index contributed by atoms with van der Waals surface area (Å²) in [6.07, 6.45) is 1.92. The average molecular weight is 392 g/mol. The molecule has 2 N–H and O–H groups in total. The van der Waals surface area contributed by atoms with Crippen LogP contribution in [0.25, 0.3) is 0 Å². The maximum atomic E-state index is 13.0. The van der Waals surface area contributed by atoms with Gasteiger partial charge in [-0.25, -0.2) is 4.79 Å². The number of hydrogen-bond acceptors (Lipinski definition) is 5. The summed E-state index contributed by atoms with van der Waals surface area (Å²) >= 11 is 4.37. The van der Waals surface area contributed by atoms with Gasteiger partial charge in [0, 0.05) is 6.42 Å². The van der Waals surface area contributed by atoms with Crippen LogP contribution in [0.3, 0.4) is 0 Å². The largest absolute Gasteiger partial charge is 0.480 e. The van der Waals surface area contributed by atoms with Crippen molar-refractivity contribution in [2.24, 2.45) is 0 Å². The first-order valence-electron chi connectivity index (χ1n) is 9.16. The summed E-state index contributed by atoms with van der Waals surface area (Å²) in [5.41, 5.74) is 0.977. The van der Waals surface area contributed by atoms with Gasteiger partial charge in [-0.05, 0) is 31.2 Å². The number of amides is 2. The molecule has 2 aliphatic rings. The van der Waals surface area contributed by atoms with Crippen molar-refractivity contribution in [3.8, 4) is 0 Å². The van der Waals surface area contributed by atoms with Gasteiger partial charge in [0.2, 0.25) is 11.8 Å². The topological polar surface area (TPSA) is 95.9 Å². The van der Waals surface area contributed by atoms with Gasteiger partial charge in [0.1, 0.15) is 18.3 Å². The number of carboxylic acid groups (broad SMARTS) is 1. The Bertz CT molecular complexity index is 699. The zero-order valence-electron chi connectivity index (χ0n) is 14.9. The highest BCUT2D eigenvalue weighted by molar-refractivity contribution is 7.81. The summed E-state index contributed by atoms with van der Waals surface area (Å²) < 4.78 is 5.70. The molecule has 0 spiro atoms. The number of carboxylic acids is 1. The number of nitrogens with one attached hydrogen (secondary N) is 1. The zero-order valence-corrected chi connectivity index (χ0v) is 15.8. The highest BCUT2D eigenvalue weighted by Crippen LogP contribution is 2.27. The second-order valence-electron chi connectivity index (χ2n) is 6.91. The maximum Gasteiger partial charge on any atom is 0.326 e. The molecule has 1 aromatic carbocycles. The van der Waals surface area contributed by atoms with Crippen LogP contribution in [0.4, 0.5) is 0 Å². The fourth-order valence-electron chi connectivity index (χ4n) is 3.62. The van der Waals surface area contributed by atoms with Crippen molar-refractivity contribution in [3.63, 3.8) is 0 Å². The lowest BCUT2D eigenvalue weighted by atomic mass is 9.99. The van der Waals surface area contributed by atoms with Gasteiger partial charge in [-0.1, -0.05) is 30.3 Å². The van der Waals surface area contributed by atoms with Crippen LogP contribution < -0.4 is 5.32 Å². The lowest BCUT2D eigenvalue weighted by Gasteiger charge is -2.39. The Kier molecular flexibility index (Phi) is 6.38. The van der Waals surface area contributed by atoms with Gasteiger partial charge in [-0.15, -0.1) is 0 Å². The van der Waals surface area contributed by atoms with Crippen LogP contribution in [0, 0.1) is 0 Å². The maximum absolute atomic E-state index is 13.0. The molecule has 2 fully saturated rings. The Morgan fingerprint density at radius 2 is 2.00 bits per heavy atom. The summed E-state index contributed by atoms with van der Waals surface area (Å²) in [4.78, 5) is 38.3. The van der Waals surface area contributed by atoms with Gasteiger partial charge < -0.3 is 20.1 Å². The fraction of sp³-hybridized carbons (Fsp3) is 0.526. The van der Waals surface area contributed by atoms with E-state index in [0.29, 0.717) is 38.7 Å². The van der Waals surface area contributed by atoms with Gasteiger partial charge in [0.25, 0.3) is 0 Å². The molecular weight excluding hydrogens is 368 g/mol. The molecule has 7 nitrogen and oxygen atoms in total. The summed E-state index contributed by atoms with van der Waals surface area (Å²) in [6.45, 7) is 0.292. The lowest BCUT2D eigenvalue weighted by molar-refractivity contribution is -0.167. The first-order valence-corrected chi connectivity index (χ1v) is 9.68. The molecule has 0 aliphatic carbocycles. The van der Waals surface area contributed by atoms with Crippen molar-refractivity contribution in [2.45, 2.75) is 55.7 Å². The SMILES string of the molecule is O=C(N[C@H]1CCO[C@H]2CCC[C@@H](C(=O)O)N2C1=O)[C@H](S)Cc1ccccc1. The number of carbonyl (C=O) groups is 3. The van der Waals surface area contributed by atoms with Crippen LogP contribution in [0.15, 0.2) is 30.3 Å². The van der Waals surface area contributed by atoms with E-state index in [1.54, 1.807) is 0 Å². The smallest absolute Gasteiger partial charge is 0.326 e. The predicted octanol–water partition coefficient (Wildman–Crippen LogP) is 1.22. The number of ether oxygens (including phenoxy) is 1. The predicted molar refractivity (Wildman–Crippen MR) is 101 cm³/mol. The van der Waals surface area contributed by atoms with Gasteiger partial charge in [0.15, 0.2) is 0 Å². The van der Waals surface area contributed by atoms with E-state index in [-0.39, 0.29) is 5.91 Å². The summed E-state index contributed by atoms with van der Waals surface area (Å²) in [5.74, 6) is -1.78. The number of fused-ring (bicyclic) bond motifs is 1. The minimum absolute atomic E-state index is 0.292. The van der Waals surface area contributed by atoms with E-state index >= 15 is 0 Å². The third-order valence-corrected chi connectivity index (χ3v) is 5.44. The van der Waals surface area contributed by atoms with E-state index in [9.17, 15) is 19.5 Å². The molecule has 0 radical (unpaired) electrons. The summed E-state index contributed by atoms with van der Waals surface area (Å²) in [6, 6.07) is 7.80. The van der Waals surface area contributed by atoms with Gasteiger partial charge >= 0.3 is 5.97 Å². The van der Waals surface area contributed by atoms with Crippen LogP contribution in [0.1, 0.15) is 31.2 Å². The standard InChI is InChI=1S/C19H24N2O5S/c22-17(15(27)11-12-5-2-1-3-6-12)20-13-9-10-26-16-8-4-7-14(19(24)25)21(16)18(13)23/h1-3,5-6,13-16,27H,4,7-11H2,(H,20,22)(H,24,25)/t13-,14-,15+,16-/m0/s1. The Balaban J connectivity index is 1.67. The van der Waals surface area contributed by atoms with E-state index < -0.39 is 35.4 Å². The number of carbonyl (C=O) groups excluding carboxylic acids is 2. The van der Waals surface area contributed by atoms with Crippen molar-refractivity contribution in [1.82, 2.24) is 10.2 Å². The van der Waals surface area contributed by atoms with Crippen LogP contribution >= 0.6 is 12.6 Å². The Hall–Kier alpha value is -2.06. The average Bonchev–Trinajstić information content (AvgIpc) is 2.81. The van der Waals surface area contributed by atoms with E-state index in [1.165, 1.54) is 4.90 Å². The van der Waals surface area contributed by atoms with Gasteiger partial charge in [0.05, 0.1) is 11.9 Å². The second-order valence-corrected chi connectivity index (χ2v) is 7.53. The number of hydrogen-bond donors (Lipinski definition) is 3. The quantitative estimate of drug-likeness (QED) is 0.655. The number of aliphatic carboxylic acids is 1. The highest BCUT2D eigenvalue weighted by Gasteiger charge is 2.43. The number of nitrogens with zero attached hydrogens (tertiary/aromatic N) is 1. The monoisotopic (exact) mass is 392 g/mol. The summed E-state index contributed by atoms with van der Waals surface area (Å²) in [5, 5.41) is 11.6. The fourth-order valence-corrected chi connectivity index (χ4v) is 3.91. The van der Waals surface area contributed by atoms with E-state index in [2.05, 4.69) is 17.9 Å². The van der Waals surface area contributed by atoms with Crippen LogP contribution in [-0.2, 0) is 25.5 Å². The Labute approximate surface area is 163 Å². The molecule has 0 aromatic heterocycles. The third-order valence-electron chi connectivity index (χ3n) is 5.02. The normalized spacial score (nSPS) is 26.6. The molecule has 3 rings (SSSR count). The van der Waals surface area contributed by atoms with Crippen molar-refractivity contribution >= 4 is 30.4 Å².